The van der Waals surface area contributed by atoms with Gasteiger partial charge in [-0.15, -0.1) is 0 Å². The van der Waals surface area contributed by atoms with E-state index in [9.17, 15) is 18.0 Å². The number of carbonyl (C=O) groups is 2. The second kappa shape index (κ2) is 9.36. The monoisotopic (exact) mass is 448 g/mol. The van der Waals surface area contributed by atoms with E-state index in [1.807, 2.05) is 0 Å². The summed E-state index contributed by atoms with van der Waals surface area (Å²) in [5, 5.41) is 0. The molecule has 0 saturated carbocycles. The molecule has 0 spiro atoms. The highest BCUT2D eigenvalue weighted by Gasteiger charge is 2.33. The molecule has 0 radical (unpaired) electrons. The van der Waals surface area contributed by atoms with Crippen molar-refractivity contribution >= 4 is 21.9 Å². The average molecular weight is 448 g/mol. The first-order valence-corrected chi connectivity index (χ1v) is 11.0. The zero-order valence-electron chi connectivity index (χ0n) is 17.5. The molecule has 9 nitrogen and oxygen atoms in total. The highest BCUT2D eigenvalue weighted by Crippen LogP contribution is 2.28. The van der Waals surface area contributed by atoms with Gasteiger partial charge in [0.25, 0.3) is 5.91 Å². The number of rotatable bonds is 6. The molecule has 0 atom stereocenters. The molecule has 1 saturated heterocycles. The number of sulfonamides is 1. The maximum atomic E-state index is 13.1. The number of piperazine rings is 1. The number of hydrogen-bond donors (Lipinski definition) is 0. The molecule has 0 aromatic heterocycles. The maximum Gasteiger partial charge on any atom is 0.339 e. The minimum atomic E-state index is -3.92. The number of benzene rings is 2. The van der Waals surface area contributed by atoms with Gasteiger partial charge in [0.1, 0.15) is 0 Å². The molecule has 10 heteroatoms. The number of carbonyl (C=O) groups excluding carboxylic acids is 2. The van der Waals surface area contributed by atoms with Crippen LogP contribution in [0.2, 0.25) is 0 Å². The van der Waals surface area contributed by atoms with E-state index in [1.54, 1.807) is 35.2 Å². The molecular weight excluding hydrogens is 424 g/mol. The van der Waals surface area contributed by atoms with Crippen molar-refractivity contribution in [3.8, 4) is 11.5 Å². The molecule has 31 heavy (non-hydrogen) atoms. The summed E-state index contributed by atoms with van der Waals surface area (Å²) in [6.07, 6.45) is 0. The fourth-order valence-corrected chi connectivity index (χ4v) is 4.99. The zero-order valence-corrected chi connectivity index (χ0v) is 18.3. The van der Waals surface area contributed by atoms with E-state index in [1.165, 1.54) is 37.8 Å². The maximum absolute atomic E-state index is 13.1. The standard InChI is InChI=1S/C21H24N2O7S/c1-28-17-9-8-15(14-18(17)29-2)20(24)22-10-12-23(13-11-22)31(26,27)19-7-5-4-6-16(19)21(25)30-3/h4-9,14H,10-13H2,1-3H3. The third-order valence-electron chi connectivity index (χ3n) is 5.07. The second-order valence-corrected chi connectivity index (χ2v) is 8.66. The van der Waals surface area contributed by atoms with Crippen LogP contribution < -0.4 is 9.47 Å². The van der Waals surface area contributed by atoms with Crippen LogP contribution in [0, 0.1) is 0 Å². The van der Waals surface area contributed by atoms with Crippen molar-refractivity contribution in [2.45, 2.75) is 4.90 Å². The van der Waals surface area contributed by atoms with Crippen LogP contribution in [0.3, 0.4) is 0 Å². The first-order valence-electron chi connectivity index (χ1n) is 9.52. The summed E-state index contributed by atoms with van der Waals surface area (Å²) in [7, 11) is 0.275. The van der Waals surface area contributed by atoms with Crippen LogP contribution in [0.4, 0.5) is 0 Å². The third-order valence-corrected chi connectivity index (χ3v) is 7.02. The zero-order chi connectivity index (χ0) is 22.6. The molecular formula is C21H24N2O7S. The number of esters is 1. The summed E-state index contributed by atoms with van der Waals surface area (Å²) < 4.78 is 42.6. The van der Waals surface area contributed by atoms with Crippen LogP contribution in [0.25, 0.3) is 0 Å². The molecule has 1 heterocycles. The Kier molecular flexibility index (Phi) is 6.81. The molecule has 3 rings (SSSR count). The molecule has 2 aromatic rings. The summed E-state index contributed by atoms with van der Waals surface area (Å²) in [5.74, 6) is 0.00242. The molecule has 0 N–H and O–H groups in total. The highest BCUT2D eigenvalue weighted by molar-refractivity contribution is 7.89. The van der Waals surface area contributed by atoms with Gasteiger partial charge in [-0.3, -0.25) is 4.79 Å². The smallest absolute Gasteiger partial charge is 0.339 e. The molecule has 1 aliphatic heterocycles. The van der Waals surface area contributed by atoms with E-state index in [-0.39, 0.29) is 42.5 Å². The third kappa shape index (κ3) is 4.49. The van der Waals surface area contributed by atoms with Crippen molar-refractivity contribution in [2.75, 3.05) is 47.5 Å². The van der Waals surface area contributed by atoms with Crippen LogP contribution in [-0.4, -0.2) is 77.0 Å². The Labute approximate surface area is 181 Å². The van der Waals surface area contributed by atoms with Crippen molar-refractivity contribution in [1.82, 2.24) is 9.21 Å². The minimum Gasteiger partial charge on any atom is -0.493 e. The van der Waals surface area contributed by atoms with E-state index in [2.05, 4.69) is 0 Å². The van der Waals surface area contributed by atoms with Crippen molar-refractivity contribution < 1.29 is 32.2 Å². The summed E-state index contributed by atoms with van der Waals surface area (Å²) in [5.41, 5.74) is 0.402. The number of ether oxygens (including phenoxy) is 3. The van der Waals surface area contributed by atoms with E-state index in [0.29, 0.717) is 17.1 Å². The predicted molar refractivity (Wildman–Crippen MR) is 112 cm³/mol. The van der Waals surface area contributed by atoms with Gasteiger partial charge in [-0.05, 0) is 30.3 Å². The average Bonchev–Trinajstić information content (AvgIpc) is 2.82. The van der Waals surface area contributed by atoms with Gasteiger partial charge in [-0.1, -0.05) is 12.1 Å². The molecule has 1 amide bonds. The molecule has 0 unspecified atom stereocenters. The SMILES string of the molecule is COC(=O)c1ccccc1S(=O)(=O)N1CCN(C(=O)c2ccc(OC)c(OC)c2)CC1. The molecule has 0 bridgehead atoms. The van der Waals surface area contributed by atoms with Crippen molar-refractivity contribution in [3.05, 3.63) is 53.6 Å². The molecule has 1 aliphatic rings. The Morgan fingerprint density at radius 2 is 1.52 bits per heavy atom. The van der Waals surface area contributed by atoms with E-state index in [4.69, 9.17) is 14.2 Å². The van der Waals surface area contributed by atoms with Gasteiger partial charge < -0.3 is 19.1 Å². The van der Waals surface area contributed by atoms with Crippen LogP contribution >= 0.6 is 0 Å². The number of amides is 1. The van der Waals surface area contributed by atoms with E-state index in [0.717, 1.165) is 0 Å². The highest BCUT2D eigenvalue weighted by atomic mass is 32.2. The van der Waals surface area contributed by atoms with Gasteiger partial charge in [0, 0.05) is 31.7 Å². The van der Waals surface area contributed by atoms with Crippen LogP contribution in [0.15, 0.2) is 47.4 Å². The fraction of sp³-hybridized carbons (Fsp3) is 0.333. The number of hydrogen-bond acceptors (Lipinski definition) is 7. The first-order chi connectivity index (χ1) is 14.8. The number of methoxy groups -OCH3 is 3. The predicted octanol–water partition coefficient (Wildman–Crippen LogP) is 1.64. The largest absolute Gasteiger partial charge is 0.493 e. The van der Waals surface area contributed by atoms with E-state index >= 15 is 0 Å². The van der Waals surface area contributed by atoms with Crippen molar-refractivity contribution in [1.29, 1.82) is 0 Å². The van der Waals surface area contributed by atoms with Gasteiger partial charge in [-0.2, -0.15) is 4.31 Å². The molecule has 1 fully saturated rings. The lowest BCUT2D eigenvalue weighted by atomic mass is 10.1. The van der Waals surface area contributed by atoms with Gasteiger partial charge in [0.05, 0.1) is 31.8 Å². The molecule has 2 aromatic carbocycles. The quantitative estimate of drug-likeness (QED) is 0.619. The minimum absolute atomic E-state index is 0.0196. The summed E-state index contributed by atoms with van der Waals surface area (Å²) in [4.78, 5) is 26.3. The Hall–Kier alpha value is -3.11. The molecule has 166 valence electrons. The topological polar surface area (TPSA) is 102 Å². The van der Waals surface area contributed by atoms with Crippen LogP contribution in [0.1, 0.15) is 20.7 Å². The Bertz CT molecular complexity index is 1080. The van der Waals surface area contributed by atoms with Crippen molar-refractivity contribution in [2.24, 2.45) is 0 Å². The Morgan fingerprint density at radius 1 is 0.871 bits per heavy atom. The summed E-state index contributed by atoms with van der Waals surface area (Å²) in [6, 6.07) is 10.8. The Morgan fingerprint density at radius 3 is 2.13 bits per heavy atom. The van der Waals surface area contributed by atoms with Gasteiger partial charge >= 0.3 is 5.97 Å². The lowest BCUT2D eigenvalue weighted by molar-refractivity contribution is 0.0596. The fourth-order valence-electron chi connectivity index (χ4n) is 3.39. The Balaban J connectivity index is 1.75. The van der Waals surface area contributed by atoms with Gasteiger partial charge in [0.2, 0.25) is 10.0 Å². The molecule has 0 aliphatic carbocycles. The normalized spacial score (nSPS) is 14.7. The second-order valence-electron chi connectivity index (χ2n) is 6.75. The van der Waals surface area contributed by atoms with Gasteiger partial charge in [-0.25, -0.2) is 13.2 Å². The van der Waals surface area contributed by atoms with Gasteiger partial charge in [0.15, 0.2) is 11.5 Å². The summed E-state index contributed by atoms with van der Waals surface area (Å²) >= 11 is 0. The first kappa shape index (κ1) is 22.6. The van der Waals surface area contributed by atoms with Crippen molar-refractivity contribution in [3.63, 3.8) is 0 Å². The van der Waals surface area contributed by atoms with Crippen LogP contribution in [0.5, 0.6) is 11.5 Å². The lowest BCUT2D eigenvalue weighted by Gasteiger charge is -2.34. The number of nitrogens with zero attached hydrogens (tertiary/aromatic N) is 2. The van der Waals surface area contributed by atoms with E-state index < -0.39 is 16.0 Å². The lowest BCUT2D eigenvalue weighted by Crippen LogP contribution is -2.50. The van der Waals surface area contributed by atoms with Crippen LogP contribution in [-0.2, 0) is 14.8 Å². The summed E-state index contributed by atoms with van der Waals surface area (Å²) in [6.45, 7) is 0.646.